The molecule has 1 nitrogen and oxygen atoms in total. The maximum atomic E-state index is 6.14. The Bertz CT molecular complexity index is 1220. The fourth-order valence-electron chi connectivity index (χ4n) is 3.23. The van der Waals surface area contributed by atoms with Crippen LogP contribution < -0.4 is 0 Å². The molecule has 5 rings (SSSR count). The van der Waals surface area contributed by atoms with Crippen molar-refractivity contribution < 1.29 is 0 Å². The highest BCUT2D eigenvalue weighted by Gasteiger charge is 2.11. The van der Waals surface area contributed by atoms with Gasteiger partial charge >= 0.3 is 0 Å². The van der Waals surface area contributed by atoms with Crippen molar-refractivity contribution >= 4 is 54.7 Å². The molecule has 114 valence electrons. The lowest BCUT2D eigenvalue weighted by atomic mass is 10.0. The number of hydrogen-bond acceptors (Lipinski definition) is 2. The molecule has 4 aromatic carbocycles. The molecule has 1 heterocycles. The molecule has 0 spiro atoms. The Hall–Kier alpha value is -2.42. The second-order valence-corrected chi connectivity index (χ2v) is 7.29. The molecule has 0 amide bonds. The summed E-state index contributed by atoms with van der Waals surface area (Å²) < 4.78 is 1.20. The van der Waals surface area contributed by atoms with E-state index in [9.17, 15) is 0 Å². The Labute approximate surface area is 148 Å². The van der Waals surface area contributed by atoms with Gasteiger partial charge in [0.05, 0.1) is 10.2 Å². The van der Waals surface area contributed by atoms with Crippen molar-refractivity contribution in [2.24, 2.45) is 0 Å². The third kappa shape index (κ3) is 2.11. The van der Waals surface area contributed by atoms with Gasteiger partial charge in [0, 0.05) is 16.0 Å². The molecular formula is C21H12ClNS. The predicted octanol–water partition coefficient (Wildman–Crippen LogP) is 6.92. The monoisotopic (exact) mass is 345 g/mol. The van der Waals surface area contributed by atoms with E-state index in [1.165, 1.54) is 26.2 Å². The van der Waals surface area contributed by atoms with Crippen LogP contribution in [0.2, 0.25) is 5.02 Å². The summed E-state index contributed by atoms with van der Waals surface area (Å²) in [6, 6.07) is 25.1. The zero-order valence-corrected chi connectivity index (χ0v) is 14.2. The van der Waals surface area contributed by atoms with Gasteiger partial charge in [-0.3, -0.25) is 0 Å². The standard InChI is InChI=1S/C21H12ClNS/c22-16-6-3-5-15(12-16)21-23-20-18(24-21)11-10-14-9-8-13-4-1-2-7-17(13)19(14)20/h1-12H. The van der Waals surface area contributed by atoms with E-state index in [-0.39, 0.29) is 0 Å². The van der Waals surface area contributed by atoms with E-state index < -0.39 is 0 Å². The second kappa shape index (κ2) is 5.30. The predicted molar refractivity (Wildman–Crippen MR) is 105 cm³/mol. The molecule has 0 aliphatic rings. The summed E-state index contributed by atoms with van der Waals surface area (Å²) in [6.45, 7) is 0. The lowest BCUT2D eigenvalue weighted by molar-refractivity contribution is 1.49. The average Bonchev–Trinajstić information content (AvgIpc) is 3.06. The number of nitrogens with zero attached hydrogens (tertiary/aromatic N) is 1. The molecule has 0 aliphatic carbocycles. The summed E-state index contributed by atoms with van der Waals surface area (Å²) in [7, 11) is 0. The minimum atomic E-state index is 0.738. The summed E-state index contributed by atoms with van der Waals surface area (Å²) in [5, 5.41) is 6.70. The normalized spacial score (nSPS) is 11.5. The highest BCUT2D eigenvalue weighted by Crippen LogP contribution is 2.37. The number of thiazole rings is 1. The summed E-state index contributed by atoms with van der Waals surface area (Å²) in [5.41, 5.74) is 2.14. The van der Waals surface area contributed by atoms with Gasteiger partial charge in [-0.25, -0.2) is 4.98 Å². The maximum Gasteiger partial charge on any atom is 0.124 e. The van der Waals surface area contributed by atoms with Crippen LogP contribution in [0.5, 0.6) is 0 Å². The molecule has 0 atom stereocenters. The summed E-state index contributed by atoms with van der Waals surface area (Å²) >= 11 is 7.86. The van der Waals surface area contributed by atoms with Gasteiger partial charge in [0.25, 0.3) is 0 Å². The van der Waals surface area contributed by atoms with Gasteiger partial charge in [-0.1, -0.05) is 66.2 Å². The smallest absolute Gasteiger partial charge is 0.124 e. The van der Waals surface area contributed by atoms with Crippen LogP contribution in [-0.4, -0.2) is 4.98 Å². The molecule has 0 bridgehead atoms. The molecule has 0 N–H and O–H groups in total. The van der Waals surface area contributed by atoms with Crippen LogP contribution in [-0.2, 0) is 0 Å². The van der Waals surface area contributed by atoms with Crippen LogP contribution in [0.25, 0.3) is 42.3 Å². The Balaban J connectivity index is 1.89. The zero-order chi connectivity index (χ0) is 16.1. The van der Waals surface area contributed by atoms with E-state index in [0.29, 0.717) is 0 Å². The van der Waals surface area contributed by atoms with Crippen molar-refractivity contribution in [3.63, 3.8) is 0 Å². The SMILES string of the molecule is Clc1cccc(-c2nc3c(ccc4ccc5ccccc5c43)s2)c1. The molecule has 0 unspecified atom stereocenters. The lowest BCUT2D eigenvalue weighted by Gasteiger charge is -2.04. The van der Waals surface area contributed by atoms with Gasteiger partial charge in [0.1, 0.15) is 5.01 Å². The number of aromatic nitrogens is 1. The molecule has 0 radical (unpaired) electrons. The van der Waals surface area contributed by atoms with Crippen LogP contribution in [0.4, 0.5) is 0 Å². The topological polar surface area (TPSA) is 12.9 Å². The van der Waals surface area contributed by atoms with Crippen molar-refractivity contribution in [2.45, 2.75) is 0 Å². The molecule has 24 heavy (non-hydrogen) atoms. The van der Waals surface area contributed by atoms with Crippen molar-refractivity contribution in [3.05, 3.63) is 77.8 Å². The van der Waals surface area contributed by atoms with Gasteiger partial charge in [0.15, 0.2) is 0 Å². The first-order valence-electron chi connectivity index (χ1n) is 7.76. The molecule has 0 saturated heterocycles. The van der Waals surface area contributed by atoms with Crippen molar-refractivity contribution in [1.82, 2.24) is 4.98 Å². The number of halogens is 1. The molecule has 3 heteroatoms. The Morgan fingerprint density at radius 1 is 0.792 bits per heavy atom. The fourth-order valence-corrected chi connectivity index (χ4v) is 4.39. The average molecular weight is 346 g/mol. The van der Waals surface area contributed by atoms with E-state index in [4.69, 9.17) is 16.6 Å². The molecule has 5 aromatic rings. The number of benzene rings is 4. The summed E-state index contributed by atoms with van der Waals surface area (Å²) in [6.07, 6.45) is 0. The van der Waals surface area contributed by atoms with Crippen molar-refractivity contribution in [1.29, 1.82) is 0 Å². The molecule has 1 aromatic heterocycles. The van der Waals surface area contributed by atoms with E-state index in [2.05, 4.69) is 54.6 Å². The number of fused-ring (bicyclic) bond motifs is 5. The van der Waals surface area contributed by atoms with E-state index in [1.54, 1.807) is 11.3 Å². The van der Waals surface area contributed by atoms with Crippen LogP contribution in [0.3, 0.4) is 0 Å². The fraction of sp³-hybridized carbons (Fsp3) is 0. The largest absolute Gasteiger partial charge is 0.235 e. The highest BCUT2D eigenvalue weighted by atomic mass is 35.5. The van der Waals surface area contributed by atoms with Gasteiger partial charge in [-0.05, 0) is 34.4 Å². The van der Waals surface area contributed by atoms with Gasteiger partial charge in [-0.2, -0.15) is 0 Å². The molecule has 0 saturated carbocycles. The third-order valence-corrected chi connectivity index (χ3v) is 5.64. The van der Waals surface area contributed by atoms with Crippen LogP contribution in [0.15, 0.2) is 72.8 Å². The highest BCUT2D eigenvalue weighted by molar-refractivity contribution is 7.21. The summed E-state index contributed by atoms with van der Waals surface area (Å²) in [5.74, 6) is 0. The number of hydrogen-bond donors (Lipinski definition) is 0. The second-order valence-electron chi connectivity index (χ2n) is 5.83. The van der Waals surface area contributed by atoms with E-state index in [1.807, 2.05) is 18.2 Å². The van der Waals surface area contributed by atoms with E-state index >= 15 is 0 Å². The quantitative estimate of drug-likeness (QED) is 0.300. The van der Waals surface area contributed by atoms with E-state index in [0.717, 1.165) is 21.1 Å². The Kier molecular flexibility index (Phi) is 3.09. The van der Waals surface area contributed by atoms with Crippen molar-refractivity contribution in [3.8, 4) is 10.6 Å². The number of rotatable bonds is 1. The molecular weight excluding hydrogens is 334 g/mol. The third-order valence-electron chi connectivity index (χ3n) is 4.34. The van der Waals surface area contributed by atoms with Gasteiger partial charge < -0.3 is 0 Å². The zero-order valence-electron chi connectivity index (χ0n) is 12.7. The van der Waals surface area contributed by atoms with Gasteiger partial charge in [-0.15, -0.1) is 11.3 Å². The summed E-state index contributed by atoms with van der Waals surface area (Å²) in [4.78, 5) is 4.96. The maximum absolute atomic E-state index is 6.14. The molecule has 0 aliphatic heterocycles. The van der Waals surface area contributed by atoms with Crippen LogP contribution in [0.1, 0.15) is 0 Å². The molecule has 0 fully saturated rings. The first kappa shape index (κ1) is 14.0. The Morgan fingerprint density at radius 2 is 1.62 bits per heavy atom. The minimum Gasteiger partial charge on any atom is -0.235 e. The van der Waals surface area contributed by atoms with Crippen molar-refractivity contribution in [2.75, 3.05) is 0 Å². The van der Waals surface area contributed by atoms with Gasteiger partial charge in [0.2, 0.25) is 0 Å². The Morgan fingerprint density at radius 3 is 2.54 bits per heavy atom. The first-order valence-corrected chi connectivity index (χ1v) is 8.96. The van der Waals surface area contributed by atoms with Crippen LogP contribution >= 0.6 is 22.9 Å². The first-order chi connectivity index (χ1) is 11.8. The van der Waals surface area contributed by atoms with Crippen LogP contribution in [0, 0.1) is 0 Å². The lowest BCUT2D eigenvalue weighted by Crippen LogP contribution is -1.80. The minimum absolute atomic E-state index is 0.738.